The van der Waals surface area contributed by atoms with Crippen molar-refractivity contribution in [1.29, 1.82) is 0 Å². The van der Waals surface area contributed by atoms with E-state index in [-0.39, 0.29) is 0 Å². The second kappa shape index (κ2) is 7.82. The summed E-state index contributed by atoms with van der Waals surface area (Å²) in [6.45, 7) is 8.06. The summed E-state index contributed by atoms with van der Waals surface area (Å²) in [7, 11) is 0. The minimum absolute atomic E-state index is 0.587. The zero-order valence-corrected chi connectivity index (χ0v) is 9.78. The van der Waals surface area contributed by atoms with Crippen LogP contribution in [-0.4, -0.2) is 23.3 Å². The van der Waals surface area contributed by atoms with Gasteiger partial charge in [0.15, 0.2) is 0 Å². The van der Waals surface area contributed by atoms with Crippen LogP contribution in [0.1, 0.15) is 25.5 Å². The molecule has 1 rings (SSSR count). The van der Waals surface area contributed by atoms with Crippen LogP contribution in [0.4, 0.5) is 0 Å². The number of unbranched alkanes of at least 4 members (excludes halogenated alkanes) is 1. The van der Waals surface area contributed by atoms with Crippen LogP contribution in [0.3, 0.4) is 0 Å². The maximum absolute atomic E-state index is 5.43. The van der Waals surface area contributed by atoms with Crippen molar-refractivity contribution in [1.82, 2.24) is 15.5 Å². The fourth-order valence-corrected chi connectivity index (χ4v) is 1.18. The van der Waals surface area contributed by atoms with Crippen molar-refractivity contribution < 1.29 is 4.74 Å². The first kappa shape index (κ1) is 12.6. The highest BCUT2D eigenvalue weighted by atomic mass is 16.5. The van der Waals surface area contributed by atoms with Crippen molar-refractivity contribution in [2.45, 2.75) is 26.3 Å². The van der Waals surface area contributed by atoms with Crippen molar-refractivity contribution in [3.63, 3.8) is 0 Å². The van der Waals surface area contributed by atoms with Gasteiger partial charge in [0.25, 0.3) is 0 Å². The third-order valence-electron chi connectivity index (χ3n) is 2.05. The van der Waals surface area contributed by atoms with Gasteiger partial charge in [-0.05, 0) is 25.5 Å². The summed E-state index contributed by atoms with van der Waals surface area (Å²) in [5.74, 6) is 0.587. The molecule has 0 saturated carbocycles. The maximum Gasteiger partial charge on any atom is 0.233 e. The molecule has 88 valence electrons. The Labute approximate surface area is 96.7 Å². The van der Waals surface area contributed by atoms with E-state index in [0.717, 1.165) is 31.6 Å². The average Bonchev–Trinajstić information content (AvgIpc) is 2.33. The molecule has 0 aliphatic heterocycles. The molecule has 1 aromatic rings. The van der Waals surface area contributed by atoms with Gasteiger partial charge in [-0.25, -0.2) is 0 Å². The molecular formula is C12H19N3O. The molecule has 0 spiro atoms. The van der Waals surface area contributed by atoms with Gasteiger partial charge in [0, 0.05) is 12.6 Å². The van der Waals surface area contributed by atoms with Gasteiger partial charge in [-0.2, -0.15) is 5.10 Å². The number of hydrogen-bond donors (Lipinski definition) is 1. The summed E-state index contributed by atoms with van der Waals surface area (Å²) in [5.41, 5.74) is 0.931. The molecule has 1 N–H and O–H groups in total. The molecule has 4 nitrogen and oxygen atoms in total. The summed E-state index contributed by atoms with van der Waals surface area (Å²) in [5, 5.41) is 11.2. The predicted octanol–water partition coefficient (Wildman–Crippen LogP) is 1.93. The molecule has 1 heterocycles. The second-order valence-corrected chi connectivity index (χ2v) is 3.42. The van der Waals surface area contributed by atoms with Crippen molar-refractivity contribution in [3.8, 4) is 5.88 Å². The number of ether oxygens (including phenoxy) is 1. The van der Waals surface area contributed by atoms with Crippen molar-refractivity contribution in [2.24, 2.45) is 0 Å². The van der Waals surface area contributed by atoms with Crippen LogP contribution >= 0.6 is 0 Å². The number of allylic oxidation sites excluding steroid dienone is 1. The van der Waals surface area contributed by atoms with E-state index in [1.54, 1.807) is 0 Å². The highest BCUT2D eigenvalue weighted by Crippen LogP contribution is 2.05. The van der Waals surface area contributed by atoms with Gasteiger partial charge in [0.1, 0.15) is 0 Å². The predicted molar refractivity (Wildman–Crippen MR) is 64.3 cm³/mol. The first-order chi connectivity index (χ1) is 7.86. The lowest BCUT2D eigenvalue weighted by atomic mass is 10.3. The van der Waals surface area contributed by atoms with Gasteiger partial charge in [-0.15, -0.1) is 11.7 Å². The Kier molecular flexibility index (Phi) is 6.18. The lowest BCUT2D eigenvalue weighted by Gasteiger charge is -2.04. The van der Waals surface area contributed by atoms with Gasteiger partial charge in [0.2, 0.25) is 5.88 Å². The van der Waals surface area contributed by atoms with Gasteiger partial charge in [0.05, 0.1) is 12.3 Å². The molecule has 1 aromatic heterocycles. The Morgan fingerprint density at radius 3 is 2.94 bits per heavy atom. The molecule has 0 radical (unpaired) electrons. The molecule has 0 aliphatic rings. The monoisotopic (exact) mass is 221 g/mol. The molecule has 4 heteroatoms. The normalized spacial score (nSPS) is 10.1. The third-order valence-corrected chi connectivity index (χ3v) is 2.05. The Morgan fingerprint density at radius 1 is 1.44 bits per heavy atom. The molecule has 0 amide bonds. The first-order valence-corrected chi connectivity index (χ1v) is 5.63. The van der Waals surface area contributed by atoms with Crippen LogP contribution in [0, 0.1) is 0 Å². The highest BCUT2D eigenvalue weighted by molar-refractivity contribution is 5.11. The van der Waals surface area contributed by atoms with Crippen molar-refractivity contribution in [2.75, 3.05) is 13.2 Å². The van der Waals surface area contributed by atoms with E-state index in [0.29, 0.717) is 12.5 Å². The first-order valence-electron chi connectivity index (χ1n) is 5.63. The Morgan fingerprint density at radius 2 is 2.31 bits per heavy atom. The van der Waals surface area contributed by atoms with Gasteiger partial charge in [-0.1, -0.05) is 13.0 Å². The van der Waals surface area contributed by atoms with Gasteiger partial charge < -0.3 is 10.1 Å². The largest absolute Gasteiger partial charge is 0.477 e. The average molecular weight is 221 g/mol. The van der Waals surface area contributed by atoms with E-state index in [4.69, 9.17) is 4.74 Å². The maximum atomic E-state index is 5.43. The number of nitrogens with zero attached hydrogens (tertiary/aromatic N) is 2. The van der Waals surface area contributed by atoms with Crippen LogP contribution in [0.5, 0.6) is 5.88 Å². The fourth-order valence-electron chi connectivity index (χ4n) is 1.18. The van der Waals surface area contributed by atoms with Crippen LogP contribution in [-0.2, 0) is 6.54 Å². The molecule has 16 heavy (non-hydrogen) atoms. The summed E-state index contributed by atoms with van der Waals surface area (Å²) in [6, 6.07) is 3.78. The van der Waals surface area contributed by atoms with E-state index in [1.165, 1.54) is 0 Å². The Bertz CT molecular complexity index is 298. The zero-order chi connectivity index (χ0) is 11.6. The molecule has 0 unspecified atom stereocenters. The molecule has 0 bridgehead atoms. The summed E-state index contributed by atoms with van der Waals surface area (Å²) < 4.78 is 5.43. The fraction of sp³-hybridized carbons (Fsp3) is 0.500. The summed E-state index contributed by atoms with van der Waals surface area (Å²) in [6.07, 6.45) is 3.81. The topological polar surface area (TPSA) is 47.0 Å². The molecule has 0 atom stereocenters. The van der Waals surface area contributed by atoms with Crippen molar-refractivity contribution >= 4 is 0 Å². The van der Waals surface area contributed by atoms with E-state index < -0.39 is 0 Å². The van der Waals surface area contributed by atoms with Crippen LogP contribution < -0.4 is 10.1 Å². The van der Waals surface area contributed by atoms with Crippen LogP contribution in [0.25, 0.3) is 0 Å². The third kappa shape index (κ3) is 4.89. The van der Waals surface area contributed by atoms with Crippen LogP contribution in [0.2, 0.25) is 0 Å². The van der Waals surface area contributed by atoms with Crippen molar-refractivity contribution in [3.05, 3.63) is 30.5 Å². The van der Waals surface area contributed by atoms with Gasteiger partial charge >= 0.3 is 0 Å². The molecule has 0 aromatic carbocycles. The standard InChI is InChI=1S/C12H19N3O/c1-3-5-6-9-16-12-8-7-11(14-15-12)10-13-4-2/h3,7-8,13H,1,4-6,9-10H2,2H3. The zero-order valence-electron chi connectivity index (χ0n) is 9.78. The second-order valence-electron chi connectivity index (χ2n) is 3.42. The van der Waals surface area contributed by atoms with E-state index in [1.807, 2.05) is 18.2 Å². The smallest absolute Gasteiger partial charge is 0.233 e. The molecular weight excluding hydrogens is 202 g/mol. The van der Waals surface area contributed by atoms with E-state index in [9.17, 15) is 0 Å². The quantitative estimate of drug-likeness (QED) is 0.538. The van der Waals surface area contributed by atoms with E-state index >= 15 is 0 Å². The molecule has 0 saturated heterocycles. The lowest BCUT2D eigenvalue weighted by Crippen LogP contribution is -2.13. The summed E-state index contributed by atoms with van der Waals surface area (Å²) >= 11 is 0. The number of rotatable bonds is 8. The molecule has 0 aliphatic carbocycles. The summed E-state index contributed by atoms with van der Waals surface area (Å²) in [4.78, 5) is 0. The minimum Gasteiger partial charge on any atom is -0.477 e. The Hall–Kier alpha value is -1.42. The Balaban J connectivity index is 2.30. The number of nitrogens with one attached hydrogen (secondary N) is 1. The van der Waals surface area contributed by atoms with Crippen LogP contribution in [0.15, 0.2) is 24.8 Å². The van der Waals surface area contributed by atoms with Gasteiger partial charge in [-0.3, -0.25) is 0 Å². The molecule has 0 fully saturated rings. The number of aromatic nitrogens is 2. The van der Waals surface area contributed by atoms with E-state index in [2.05, 4.69) is 29.0 Å². The highest BCUT2D eigenvalue weighted by Gasteiger charge is 1.97. The number of hydrogen-bond acceptors (Lipinski definition) is 4. The SMILES string of the molecule is C=CCCCOc1ccc(CNCC)nn1. The minimum atomic E-state index is 0.587. The lowest BCUT2D eigenvalue weighted by molar-refractivity contribution is 0.296.